The summed E-state index contributed by atoms with van der Waals surface area (Å²) in [6.07, 6.45) is 6.12. The van der Waals surface area contributed by atoms with Crippen LogP contribution in [0.1, 0.15) is 27.2 Å². The van der Waals surface area contributed by atoms with Crippen molar-refractivity contribution in [1.82, 2.24) is 0 Å². The first-order valence-electron chi connectivity index (χ1n) is 5.78. The first kappa shape index (κ1) is 18.3. The number of rotatable bonds is 7. The average molecular weight is 256 g/mol. The van der Waals surface area contributed by atoms with Gasteiger partial charge in [0.2, 0.25) is 0 Å². The average Bonchev–Trinajstić information content (AvgIpc) is 2.34. The first-order valence-corrected chi connectivity index (χ1v) is 6.31. The molecule has 0 aromatic rings. The molecule has 2 nitrogen and oxygen atoms in total. The molecule has 0 N–H and O–H groups in total. The van der Waals surface area contributed by atoms with Crippen LogP contribution >= 0.6 is 11.6 Å². The molecule has 0 fully saturated rings. The number of hydrogen-bond acceptors (Lipinski definition) is 2. The summed E-state index contributed by atoms with van der Waals surface area (Å²) in [6, 6.07) is 2.07. The maximum absolute atomic E-state index is 8.75. The SMILES string of the molecule is C=C(C)/C=C(C#N)\C=C/COCCCCl.CC. The number of alkyl halides is 1. The van der Waals surface area contributed by atoms with E-state index in [4.69, 9.17) is 21.6 Å². The zero-order valence-electron chi connectivity index (χ0n) is 11.0. The van der Waals surface area contributed by atoms with Gasteiger partial charge in [-0.05, 0) is 25.5 Å². The lowest BCUT2D eigenvalue weighted by Crippen LogP contribution is -1.94. The highest BCUT2D eigenvalue weighted by atomic mass is 35.5. The Bertz CT molecular complexity index is 287. The van der Waals surface area contributed by atoms with E-state index in [9.17, 15) is 0 Å². The molecule has 0 rings (SSSR count). The van der Waals surface area contributed by atoms with Crippen molar-refractivity contribution in [2.24, 2.45) is 0 Å². The van der Waals surface area contributed by atoms with Gasteiger partial charge < -0.3 is 4.74 Å². The van der Waals surface area contributed by atoms with E-state index in [2.05, 4.69) is 12.6 Å². The lowest BCUT2D eigenvalue weighted by molar-refractivity contribution is 0.163. The Morgan fingerprint density at radius 2 is 2.12 bits per heavy atom. The summed E-state index contributed by atoms with van der Waals surface area (Å²) in [6.45, 7) is 10.7. The minimum Gasteiger partial charge on any atom is -0.377 e. The molecule has 0 aliphatic heterocycles. The molecule has 0 aromatic carbocycles. The molecule has 0 bridgehead atoms. The molecule has 0 atom stereocenters. The van der Waals surface area contributed by atoms with Crippen LogP contribution in [0.3, 0.4) is 0 Å². The van der Waals surface area contributed by atoms with E-state index < -0.39 is 0 Å². The van der Waals surface area contributed by atoms with Gasteiger partial charge in [-0.15, -0.1) is 11.6 Å². The normalized spacial score (nSPS) is 10.6. The molecule has 17 heavy (non-hydrogen) atoms. The van der Waals surface area contributed by atoms with Crippen molar-refractivity contribution in [2.75, 3.05) is 19.1 Å². The number of nitriles is 1. The van der Waals surface area contributed by atoms with Gasteiger partial charge >= 0.3 is 0 Å². The van der Waals surface area contributed by atoms with Crippen LogP contribution in [-0.4, -0.2) is 19.1 Å². The van der Waals surface area contributed by atoms with Crippen LogP contribution < -0.4 is 0 Å². The summed E-state index contributed by atoms with van der Waals surface area (Å²) in [4.78, 5) is 0. The van der Waals surface area contributed by atoms with Gasteiger partial charge in [-0.1, -0.05) is 32.1 Å². The highest BCUT2D eigenvalue weighted by Gasteiger charge is 1.88. The van der Waals surface area contributed by atoms with Crippen molar-refractivity contribution in [3.05, 3.63) is 36.0 Å². The Labute approximate surface area is 110 Å². The fraction of sp³-hybridized carbons (Fsp3) is 0.500. The Morgan fingerprint density at radius 3 is 2.59 bits per heavy atom. The minimum absolute atomic E-state index is 0.506. The zero-order valence-corrected chi connectivity index (χ0v) is 11.8. The summed E-state index contributed by atoms with van der Waals surface area (Å²) < 4.78 is 5.24. The highest BCUT2D eigenvalue weighted by molar-refractivity contribution is 6.17. The molecule has 3 heteroatoms. The van der Waals surface area contributed by atoms with Gasteiger partial charge in [0.15, 0.2) is 0 Å². The number of hydrogen-bond donors (Lipinski definition) is 0. The summed E-state index contributed by atoms with van der Waals surface area (Å²) in [7, 11) is 0. The molecule has 0 heterocycles. The van der Waals surface area contributed by atoms with Gasteiger partial charge in [0.25, 0.3) is 0 Å². The molecule has 0 saturated carbocycles. The largest absolute Gasteiger partial charge is 0.377 e. The van der Waals surface area contributed by atoms with Crippen molar-refractivity contribution in [1.29, 1.82) is 5.26 Å². The Morgan fingerprint density at radius 1 is 1.47 bits per heavy atom. The number of ether oxygens (including phenoxy) is 1. The summed E-state index contributed by atoms with van der Waals surface area (Å²) in [5.74, 6) is 0.614. The van der Waals surface area contributed by atoms with Crippen LogP contribution in [0.2, 0.25) is 0 Å². The molecule has 0 unspecified atom stereocenters. The topological polar surface area (TPSA) is 33.0 Å². The second-order valence-corrected chi connectivity index (χ2v) is 3.46. The van der Waals surface area contributed by atoms with Crippen molar-refractivity contribution in [3.63, 3.8) is 0 Å². The molecule has 0 aromatic heterocycles. The second-order valence-electron chi connectivity index (χ2n) is 3.08. The number of allylic oxidation sites excluding steroid dienone is 4. The Kier molecular flexibility index (Phi) is 16.1. The van der Waals surface area contributed by atoms with E-state index in [1.54, 1.807) is 12.2 Å². The minimum atomic E-state index is 0.506. The molecule has 0 saturated heterocycles. The standard InChI is InChI=1S/C12H16ClNO.C2H6/c1-11(2)9-12(10-14)5-3-7-15-8-4-6-13;1-2/h3,5,9H,1,4,6-8H2,2H3;1-2H3/b5-3-,12-9+;. The fourth-order valence-electron chi connectivity index (χ4n) is 0.866. The van der Waals surface area contributed by atoms with Crippen LogP contribution in [0.4, 0.5) is 0 Å². The molecule has 0 spiro atoms. The smallest absolute Gasteiger partial charge is 0.0991 e. The van der Waals surface area contributed by atoms with Gasteiger partial charge in [0.05, 0.1) is 18.2 Å². The summed E-state index contributed by atoms with van der Waals surface area (Å²) in [5.41, 5.74) is 1.45. The van der Waals surface area contributed by atoms with Gasteiger partial charge in [0, 0.05) is 12.5 Å². The van der Waals surface area contributed by atoms with E-state index in [-0.39, 0.29) is 0 Å². The lowest BCUT2D eigenvalue weighted by atomic mass is 10.2. The third-order valence-electron chi connectivity index (χ3n) is 1.46. The molecule has 0 amide bonds. The third kappa shape index (κ3) is 15.0. The van der Waals surface area contributed by atoms with Gasteiger partial charge in [-0.25, -0.2) is 0 Å². The van der Waals surface area contributed by atoms with Crippen LogP contribution in [-0.2, 0) is 4.74 Å². The predicted octanol–water partition coefficient (Wildman–Crippen LogP) is 4.24. The monoisotopic (exact) mass is 255 g/mol. The van der Waals surface area contributed by atoms with E-state index in [0.717, 1.165) is 12.0 Å². The molecule has 96 valence electrons. The van der Waals surface area contributed by atoms with Crippen LogP contribution in [0.15, 0.2) is 36.0 Å². The van der Waals surface area contributed by atoms with Crippen molar-refractivity contribution >= 4 is 11.6 Å². The van der Waals surface area contributed by atoms with Crippen molar-refractivity contribution < 1.29 is 4.74 Å². The molecule has 0 aliphatic rings. The lowest BCUT2D eigenvalue weighted by Gasteiger charge is -1.97. The first-order chi connectivity index (χ1) is 8.20. The fourth-order valence-corrected chi connectivity index (χ4v) is 0.975. The third-order valence-corrected chi connectivity index (χ3v) is 1.73. The number of nitrogens with zero attached hydrogens (tertiary/aromatic N) is 1. The molecule has 0 aliphatic carbocycles. The van der Waals surface area contributed by atoms with Crippen LogP contribution in [0.25, 0.3) is 0 Å². The van der Waals surface area contributed by atoms with E-state index in [1.807, 2.05) is 26.8 Å². The Hall–Kier alpha value is -1.04. The van der Waals surface area contributed by atoms with Crippen LogP contribution in [0, 0.1) is 11.3 Å². The maximum Gasteiger partial charge on any atom is 0.0991 e. The van der Waals surface area contributed by atoms with Crippen LogP contribution in [0.5, 0.6) is 0 Å². The quantitative estimate of drug-likeness (QED) is 0.295. The van der Waals surface area contributed by atoms with Gasteiger partial charge in [-0.2, -0.15) is 5.26 Å². The highest BCUT2D eigenvalue weighted by Crippen LogP contribution is 2.00. The van der Waals surface area contributed by atoms with Crippen molar-refractivity contribution in [2.45, 2.75) is 27.2 Å². The number of halogens is 1. The zero-order chi connectivity index (χ0) is 13.5. The van der Waals surface area contributed by atoms with E-state index in [1.165, 1.54) is 0 Å². The maximum atomic E-state index is 8.75. The van der Waals surface area contributed by atoms with E-state index >= 15 is 0 Å². The predicted molar refractivity (Wildman–Crippen MR) is 75.2 cm³/mol. The summed E-state index contributed by atoms with van der Waals surface area (Å²) in [5, 5.41) is 8.75. The van der Waals surface area contributed by atoms with Gasteiger partial charge in [-0.3, -0.25) is 0 Å². The van der Waals surface area contributed by atoms with Crippen molar-refractivity contribution in [3.8, 4) is 6.07 Å². The summed E-state index contributed by atoms with van der Waals surface area (Å²) >= 11 is 5.48. The van der Waals surface area contributed by atoms with E-state index in [0.29, 0.717) is 24.7 Å². The molecule has 0 radical (unpaired) electrons. The Balaban J connectivity index is 0. The molecular formula is C14H22ClNO. The second kappa shape index (κ2) is 15.0. The molecular weight excluding hydrogens is 234 g/mol. The van der Waals surface area contributed by atoms with Gasteiger partial charge in [0.1, 0.15) is 0 Å².